The molecule has 0 saturated heterocycles. The van der Waals surface area contributed by atoms with Crippen molar-refractivity contribution in [3.05, 3.63) is 15.5 Å². The van der Waals surface area contributed by atoms with Crippen molar-refractivity contribution in [2.24, 2.45) is 0 Å². The van der Waals surface area contributed by atoms with Crippen LogP contribution in [-0.4, -0.2) is 10.5 Å². The Hall–Kier alpha value is -0.120. The highest BCUT2D eigenvalue weighted by Gasteiger charge is 2.30. The molecule has 1 aromatic heterocycles. The van der Waals surface area contributed by atoms with Crippen LogP contribution in [-0.2, 0) is 6.54 Å². The van der Waals surface area contributed by atoms with Crippen LogP contribution in [0.1, 0.15) is 31.2 Å². The smallest absolute Gasteiger partial charge is 0.113 e. The molecule has 1 N–H and O–H groups in total. The SMILES string of the molecule is CC1(NCc2ncc(Cl)s2)CCC1. The third kappa shape index (κ3) is 2.22. The van der Waals surface area contributed by atoms with Crippen molar-refractivity contribution < 1.29 is 0 Å². The third-order valence-corrected chi connectivity index (χ3v) is 3.76. The molecule has 2 rings (SSSR count). The summed E-state index contributed by atoms with van der Waals surface area (Å²) in [4.78, 5) is 4.20. The number of hydrogen-bond donors (Lipinski definition) is 1. The predicted octanol–water partition coefficient (Wildman–Crippen LogP) is 2.83. The molecule has 0 radical (unpaired) electrons. The van der Waals surface area contributed by atoms with Gasteiger partial charge in [0.1, 0.15) is 9.34 Å². The molecule has 0 aliphatic heterocycles. The third-order valence-electron chi connectivity index (χ3n) is 2.65. The lowest BCUT2D eigenvalue weighted by Gasteiger charge is -2.39. The summed E-state index contributed by atoms with van der Waals surface area (Å²) in [5, 5.41) is 4.60. The van der Waals surface area contributed by atoms with Crippen molar-refractivity contribution in [2.45, 2.75) is 38.3 Å². The highest BCUT2D eigenvalue weighted by Crippen LogP contribution is 2.31. The summed E-state index contributed by atoms with van der Waals surface area (Å²) < 4.78 is 0.774. The van der Waals surface area contributed by atoms with Crippen molar-refractivity contribution in [2.75, 3.05) is 0 Å². The van der Waals surface area contributed by atoms with E-state index in [0.29, 0.717) is 5.54 Å². The van der Waals surface area contributed by atoms with Gasteiger partial charge in [-0.05, 0) is 26.2 Å². The molecule has 0 aromatic carbocycles. The van der Waals surface area contributed by atoms with Crippen molar-refractivity contribution in [3.8, 4) is 0 Å². The van der Waals surface area contributed by atoms with Gasteiger partial charge in [0.15, 0.2) is 0 Å². The Morgan fingerprint density at radius 3 is 2.92 bits per heavy atom. The Morgan fingerprint density at radius 1 is 1.69 bits per heavy atom. The molecule has 0 spiro atoms. The number of halogens is 1. The molecule has 13 heavy (non-hydrogen) atoms. The highest BCUT2D eigenvalue weighted by atomic mass is 35.5. The van der Waals surface area contributed by atoms with E-state index in [1.165, 1.54) is 19.3 Å². The van der Waals surface area contributed by atoms with Crippen LogP contribution in [0.3, 0.4) is 0 Å². The second-order valence-electron chi connectivity index (χ2n) is 3.83. The quantitative estimate of drug-likeness (QED) is 0.841. The normalized spacial score (nSPS) is 19.8. The van der Waals surface area contributed by atoms with Gasteiger partial charge in [0, 0.05) is 12.1 Å². The lowest BCUT2D eigenvalue weighted by Crippen LogP contribution is -2.47. The Labute approximate surface area is 87.3 Å². The first-order valence-electron chi connectivity index (χ1n) is 4.53. The average Bonchev–Trinajstić information content (AvgIpc) is 2.44. The molecule has 0 bridgehead atoms. The molecular weight excluding hydrogens is 204 g/mol. The zero-order chi connectivity index (χ0) is 9.31. The number of nitrogens with zero attached hydrogens (tertiary/aromatic N) is 1. The topological polar surface area (TPSA) is 24.9 Å². The predicted molar refractivity (Wildman–Crippen MR) is 56.2 cm³/mol. The van der Waals surface area contributed by atoms with Crippen LogP contribution in [0.4, 0.5) is 0 Å². The van der Waals surface area contributed by atoms with Gasteiger partial charge >= 0.3 is 0 Å². The minimum atomic E-state index is 0.359. The van der Waals surface area contributed by atoms with E-state index in [1.54, 1.807) is 17.5 Å². The zero-order valence-corrected chi connectivity index (χ0v) is 9.21. The molecule has 1 heterocycles. The van der Waals surface area contributed by atoms with Crippen molar-refractivity contribution in [1.29, 1.82) is 0 Å². The molecule has 0 amide bonds. The fourth-order valence-corrected chi connectivity index (χ4v) is 2.44. The molecule has 0 unspecified atom stereocenters. The zero-order valence-electron chi connectivity index (χ0n) is 7.64. The van der Waals surface area contributed by atoms with Gasteiger partial charge in [-0.3, -0.25) is 0 Å². The van der Waals surface area contributed by atoms with E-state index in [4.69, 9.17) is 11.6 Å². The van der Waals surface area contributed by atoms with Crippen LogP contribution in [0.2, 0.25) is 4.34 Å². The van der Waals surface area contributed by atoms with Gasteiger partial charge in [0.25, 0.3) is 0 Å². The summed E-state index contributed by atoms with van der Waals surface area (Å²) in [6.07, 6.45) is 5.63. The number of rotatable bonds is 3. The van der Waals surface area contributed by atoms with E-state index in [-0.39, 0.29) is 0 Å². The number of aromatic nitrogens is 1. The highest BCUT2D eigenvalue weighted by molar-refractivity contribution is 7.15. The van der Waals surface area contributed by atoms with Gasteiger partial charge in [-0.1, -0.05) is 11.6 Å². The summed E-state index contributed by atoms with van der Waals surface area (Å²) in [7, 11) is 0. The first-order chi connectivity index (χ1) is 6.18. The van der Waals surface area contributed by atoms with Crippen LogP contribution in [0.15, 0.2) is 6.20 Å². The summed E-state index contributed by atoms with van der Waals surface area (Å²) >= 11 is 7.34. The van der Waals surface area contributed by atoms with Crippen LogP contribution in [0.25, 0.3) is 0 Å². The summed E-state index contributed by atoms with van der Waals surface area (Å²) in [6.45, 7) is 3.12. The Kier molecular flexibility index (Phi) is 2.58. The standard InChI is InChI=1S/C9H13ClN2S/c1-9(3-2-4-9)12-6-8-11-5-7(10)13-8/h5,12H,2-4,6H2,1H3. The molecule has 1 saturated carbocycles. The molecule has 2 nitrogen and oxygen atoms in total. The molecule has 0 atom stereocenters. The number of nitrogens with one attached hydrogen (secondary N) is 1. The van der Waals surface area contributed by atoms with Crippen molar-refractivity contribution in [1.82, 2.24) is 10.3 Å². The van der Waals surface area contributed by atoms with E-state index < -0.39 is 0 Å². The van der Waals surface area contributed by atoms with Gasteiger partial charge in [-0.15, -0.1) is 11.3 Å². The van der Waals surface area contributed by atoms with Crippen LogP contribution in [0.5, 0.6) is 0 Å². The van der Waals surface area contributed by atoms with Crippen LogP contribution in [0, 0.1) is 0 Å². The molecule has 1 aliphatic carbocycles. The molecule has 1 aliphatic rings. The van der Waals surface area contributed by atoms with Gasteiger partial charge < -0.3 is 5.32 Å². The van der Waals surface area contributed by atoms with Crippen LogP contribution >= 0.6 is 22.9 Å². The maximum Gasteiger partial charge on any atom is 0.113 e. The minimum absolute atomic E-state index is 0.359. The largest absolute Gasteiger partial charge is 0.305 e. The Balaban J connectivity index is 1.85. The molecular formula is C9H13ClN2S. The van der Waals surface area contributed by atoms with E-state index in [9.17, 15) is 0 Å². The average molecular weight is 217 g/mol. The van der Waals surface area contributed by atoms with Crippen LogP contribution < -0.4 is 5.32 Å². The summed E-state index contributed by atoms with van der Waals surface area (Å²) in [5.41, 5.74) is 0.359. The number of thiazole rings is 1. The first kappa shape index (κ1) is 9.44. The second kappa shape index (κ2) is 3.56. The molecule has 72 valence electrons. The fraction of sp³-hybridized carbons (Fsp3) is 0.667. The number of hydrogen-bond acceptors (Lipinski definition) is 3. The summed E-state index contributed by atoms with van der Waals surface area (Å²) in [5.74, 6) is 0. The van der Waals surface area contributed by atoms with E-state index in [2.05, 4.69) is 17.2 Å². The molecule has 1 aromatic rings. The monoisotopic (exact) mass is 216 g/mol. The molecule has 1 fully saturated rings. The van der Waals surface area contributed by atoms with E-state index in [0.717, 1.165) is 15.9 Å². The van der Waals surface area contributed by atoms with Gasteiger partial charge in [-0.25, -0.2) is 4.98 Å². The maximum absolute atomic E-state index is 5.79. The minimum Gasteiger partial charge on any atom is -0.305 e. The van der Waals surface area contributed by atoms with Gasteiger partial charge in [-0.2, -0.15) is 0 Å². The Bertz CT molecular complexity index is 294. The lowest BCUT2D eigenvalue weighted by molar-refractivity contribution is 0.207. The summed E-state index contributed by atoms with van der Waals surface area (Å²) in [6, 6.07) is 0. The van der Waals surface area contributed by atoms with E-state index >= 15 is 0 Å². The maximum atomic E-state index is 5.79. The second-order valence-corrected chi connectivity index (χ2v) is 5.57. The van der Waals surface area contributed by atoms with Gasteiger partial charge in [0.2, 0.25) is 0 Å². The van der Waals surface area contributed by atoms with Gasteiger partial charge in [0.05, 0.1) is 6.20 Å². The van der Waals surface area contributed by atoms with E-state index in [1.807, 2.05) is 0 Å². The van der Waals surface area contributed by atoms with Crippen molar-refractivity contribution >= 4 is 22.9 Å². The first-order valence-corrected chi connectivity index (χ1v) is 5.73. The molecule has 4 heteroatoms. The fourth-order valence-electron chi connectivity index (χ4n) is 1.54. The lowest BCUT2D eigenvalue weighted by atomic mass is 9.78. The van der Waals surface area contributed by atoms with Crippen molar-refractivity contribution in [3.63, 3.8) is 0 Å². The Morgan fingerprint density at radius 2 is 2.46 bits per heavy atom.